The number of carbonyl (C=O) groups is 1. The van der Waals surface area contributed by atoms with Gasteiger partial charge in [0.15, 0.2) is 0 Å². The molecule has 7 heteroatoms. The fraction of sp³-hybridized carbons (Fsp3) is 0.706. The zero-order valence-corrected chi connectivity index (χ0v) is 14.3. The van der Waals surface area contributed by atoms with Crippen molar-refractivity contribution in [3.8, 4) is 0 Å². The number of hydrogen-bond donors (Lipinski definition) is 0. The quantitative estimate of drug-likeness (QED) is 0.844. The normalized spacial score (nSPS) is 25.8. The summed E-state index contributed by atoms with van der Waals surface area (Å²) in [6.07, 6.45) is 2.19. The molecule has 5 nitrogen and oxygen atoms in total. The summed E-state index contributed by atoms with van der Waals surface area (Å²) in [5, 5.41) is 0. The van der Waals surface area contributed by atoms with Crippen LogP contribution in [0.2, 0.25) is 0 Å². The highest BCUT2D eigenvalue weighted by Gasteiger charge is 2.47. The molecule has 0 aliphatic carbocycles. The van der Waals surface area contributed by atoms with E-state index in [1.807, 2.05) is 0 Å². The minimum absolute atomic E-state index is 0.262. The minimum Gasteiger partial charge on any atom is -0.469 e. The summed E-state index contributed by atoms with van der Waals surface area (Å²) in [6, 6.07) is 1.11. The number of likely N-dealkylation sites (tertiary alicyclic amines) is 1. The standard InChI is InChI=1S/C17H25F2N3O2/c1-13-15(4-9-24-13)16(23)22-12-17(18,19)10-14(22)11-21-6-3-5-20(2)7-8-21/h4,9,14H,3,5-8,10-12H2,1-2H3/t14-/m0/s1. The molecule has 0 N–H and O–H groups in total. The van der Waals surface area contributed by atoms with Gasteiger partial charge in [0.25, 0.3) is 11.8 Å². The maximum atomic E-state index is 14.0. The summed E-state index contributed by atoms with van der Waals surface area (Å²) >= 11 is 0. The van der Waals surface area contributed by atoms with Gasteiger partial charge in [-0.1, -0.05) is 0 Å². The van der Waals surface area contributed by atoms with Crippen LogP contribution in [0.1, 0.15) is 29.0 Å². The van der Waals surface area contributed by atoms with E-state index in [2.05, 4.69) is 16.8 Å². The molecule has 3 rings (SSSR count). The Morgan fingerprint density at radius 2 is 2.12 bits per heavy atom. The van der Waals surface area contributed by atoms with E-state index in [4.69, 9.17) is 4.42 Å². The maximum absolute atomic E-state index is 14.0. The highest BCUT2D eigenvalue weighted by Crippen LogP contribution is 2.34. The van der Waals surface area contributed by atoms with Gasteiger partial charge in [0.1, 0.15) is 5.76 Å². The van der Waals surface area contributed by atoms with Gasteiger partial charge >= 0.3 is 0 Å². The van der Waals surface area contributed by atoms with Gasteiger partial charge in [-0.15, -0.1) is 0 Å². The summed E-state index contributed by atoms with van der Waals surface area (Å²) in [7, 11) is 2.07. The van der Waals surface area contributed by atoms with Gasteiger partial charge in [-0.25, -0.2) is 8.78 Å². The molecule has 3 heterocycles. The van der Waals surface area contributed by atoms with Crippen molar-refractivity contribution < 1.29 is 18.0 Å². The lowest BCUT2D eigenvalue weighted by atomic mass is 10.1. The molecule has 1 aromatic heterocycles. The third kappa shape index (κ3) is 3.78. The molecule has 0 aromatic carbocycles. The number of likely N-dealkylation sites (N-methyl/N-ethyl adjacent to an activating group) is 1. The van der Waals surface area contributed by atoms with E-state index in [0.29, 0.717) is 17.9 Å². The van der Waals surface area contributed by atoms with Gasteiger partial charge in [0.05, 0.1) is 24.4 Å². The predicted molar refractivity (Wildman–Crippen MR) is 86.4 cm³/mol. The van der Waals surface area contributed by atoms with Crippen LogP contribution in [0.15, 0.2) is 16.7 Å². The first-order chi connectivity index (χ1) is 11.4. The Morgan fingerprint density at radius 1 is 1.33 bits per heavy atom. The van der Waals surface area contributed by atoms with Crippen molar-refractivity contribution in [3.63, 3.8) is 0 Å². The molecule has 1 amide bonds. The molecule has 1 atom stereocenters. The van der Waals surface area contributed by atoms with E-state index in [-0.39, 0.29) is 12.3 Å². The number of rotatable bonds is 3. The van der Waals surface area contributed by atoms with Crippen molar-refractivity contribution in [2.75, 3.05) is 46.3 Å². The van der Waals surface area contributed by atoms with Crippen LogP contribution in [0.3, 0.4) is 0 Å². The Morgan fingerprint density at radius 3 is 2.83 bits per heavy atom. The Bertz CT molecular complexity index is 590. The van der Waals surface area contributed by atoms with Crippen molar-refractivity contribution in [3.05, 3.63) is 23.7 Å². The Balaban J connectivity index is 1.72. The largest absolute Gasteiger partial charge is 0.469 e. The molecule has 0 unspecified atom stereocenters. The first-order valence-corrected chi connectivity index (χ1v) is 8.49. The topological polar surface area (TPSA) is 39.9 Å². The zero-order valence-electron chi connectivity index (χ0n) is 14.3. The van der Waals surface area contributed by atoms with E-state index in [1.54, 1.807) is 13.0 Å². The molecule has 0 spiro atoms. The van der Waals surface area contributed by atoms with Crippen molar-refractivity contribution >= 4 is 5.91 Å². The molecule has 2 saturated heterocycles. The Kier molecular flexibility index (Phi) is 4.92. The van der Waals surface area contributed by atoms with Crippen LogP contribution in [-0.2, 0) is 0 Å². The smallest absolute Gasteiger partial charge is 0.267 e. The molecule has 2 fully saturated rings. The fourth-order valence-electron chi connectivity index (χ4n) is 3.64. The molecule has 0 bridgehead atoms. The van der Waals surface area contributed by atoms with Crippen molar-refractivity contribution in [1.82, 2.24) is 14.7 Å². The van der Waals surface area contributed by atoms with Gasteiger partial charge in [-0.2, -0.15) is 0 Å². The molecule has 134 valence electrons. The second-order valence-electron chi connectivity index (χ2n) is 6.99. The second kappa shape index (κ2) is 6.80. The summed E-state index contributed by atoms with van der Waals surface area (Å²) in [5.74, 6) is -2.69. The number of carbonyl (C=O) groups excluding carboxylic acids is 1. The number of hydrogen-bond acceptors (Lipinski definition) is 4. The number of halogens is 2. The van der Waals surface area contributed by atoms with Crippen LogP contribution < -0.4 is 0 Å². The highest BCUT2D eigenvalue weighted by molar-refractivity contribution is 5.95. The van der Waals surface area contributed by atoms with Crippen molar-refractivity contribution in [1.29, 1.82) is 0 Å². The second-order valence-corrected chi connectivity index (χ2v) is 6.99. The lowest BCUT2D eigenvalue weighted by Crippen LogP contribution is -2.44. The van der Waals surface area contributed by atoms with Crippen LogP contribution in [0.25, 0.3) is 0 Å². The third-order valence-corrected chi connectivity index (χ3v) is 5.01. The van der Waals surface area contributed by atoms with Crippen molar-refractivity contribution in [2.45, 2.75) is 31.7 Å². The Hall–Kier alpha value is -1.47. The van der Waals surface area contributed by atoms with Crippen LogP contribution >= 0.6 is 0 Å². The average molecular weight is 341 g/mol. The van der Waals surface area contributed by atoms with E-state index in [1.165, 1.54) is 11.2 Å². The summed E-state index contributed by atoms with van der Waals surface area (Å²) in [5.41, 5.74) is 0.383. The predicted octanol–water partition coefficient (Wildman–Crippen LogP) is 2.08. The zero-order chi connectivity index (χ0) is 17.3. The lowest BCUT2D eigenvalue weighted by Gasteiger charge is -2.29. The first-order valence-electron chi connectivity index (χ1n) is 8.49. The van der Waals surface area contributed by atoms with E-state index in [0.717, 1.165) is 32.6 Å². The third-order valence-electron chi connectivity index (χ3n) is 5.01. The molecule has 2 aliphatic rings. The minimum atomic E-state index is -2.82. The Labute approximate surface area is 141 Å². The van der Waals surface area contributed by atoms with Gasteiger partial charge in [-0.3, -0.25) is 9.69 Å². The van der Waals surface area contributed by atoms with Gasteiger partial charge in [0, 0.05) is 26.1 Å². The number of alkyl halides is 2. The number of aryl methyl sites for hydroxylation is 1. The lowest BCUT2D eigenvalue weighted by molar-refractivity contribution is 0.0116. The summed E-state index contributed by atoms with van der Waals surface area (Å²) in [6.45, 7) is 5.37. The average Bonchev–Trinajstić information content (AvgIpc) is 2.99. The molecule has 1 aromatic rings. The first kappa shape index (κ1) is 17.4. The van der Waals surface area contributed by atoms with E-state index >= 15 is 0 Å². The van der Waals surface area contributed by atoms with Crippen LogP contribution in [-0.4, -0.2) is 78.9 Å². The molecular weight excluding hydrogens is 316 g/mol. The highest BCUT2D eigenvalue weighted by atomic mass is 19.3. The molecular formula is C17H25F2N3O2. The molecule has 2 aliphatic heterocycles. The fourth-order valence-corrected chi connectivity index (χ4v) is 3.64. The van der Waals surface area contributed by atoms with Crippen LogP contribution in [0.5, 0.6) is 0 Å². The monoisotopic (exact) mass is 341 g/mol. The molecule has 24 heavy (non-hydrogen) atoms. The van der Waals surface area contributed by atoms with E-state index < -0.39 is 18.5 Å². The number of nitrogens with zero attached hydrogens (tertiary/aromatic N) is 3. The van der Waals surface area contributed by atoms with Crippen LogP contribution in [0, 0.1) is 6.92 Å². The summed E-state index contributed by atoms with van der Waals surface area (Å²) in [4.78, 5) is 18.5. The van der Waals surface area contributed by atoms with Gasteiger partial charge in [0.2, 0.25) is 0 Å². The number of amides is 1. The van der Waals surface area contributed by atoms with Gasteiger partial charge in [-0.05, 0) is 39.5 Å². The summed E-state index contributed by atoms with van der Waals surface area (Å²) < 4.78 is 33.2. The SMILES string of the molecule is Cc1occc1C(=O)N1CC(F)(F)C[C@H]1CN1CCCN(C)CC1. The maximum Gasteiger partial charge on any atom is 0.267 e. The van der Waals surface area contributed by atoms with E-state index in [9.17, 15) is 13.6 Å². The number of furan rings is 1. The molecule has 0 saturated carbocycles. The molecule has 0 radical (unpaired) electrons. The van der Waals surface area contributed by atoms with Crippen molar-refractivity contribution in [2.24, 2.45) is 0 Å². The van der Waals surface area contributed by atoms with Crippen LogP contribution in [0.4, 0.5) is 8.78 Å². The van der Waals surface area contributed by atoms with Gasteiger partial charge < -0.3 is 14.2 Å².